The molecule has 0 heterocycles. The second kappa shape index (κ2) is 4.66. The van der Waals surface area contributed by atoms with Gasteiger partial charge in [-0.05, 0) is 38.1 Å². The van der Waals surface area contributed by atoms with E-state index in [-0.39, 0.29) is 4.90 Å². The quantitative estimate of drug-likeness (QED) is 0.774. The molecule has 0 aliphatic rings. The molecule has 0 unspecified atom stereocenters. The van der Waals surface area contributed by atoms with E-state index in [1.54, 1.807) is 0 Å². The molecule has 96 valence electrons. The highest BCUT2D eigenvalue weighted by Crippen LogP contribution is 2.23. The number of benzene rings is 1. The summed E-state index contributed by atoms with van der Waals surface area (Å²) in [4.78, 5) is -0.244. The lowest BCUT2D eigenvalue weighted by Gasteiger charge is -2.09. The number of hydrogen-bond acceptors (Lipinski definition) is 5. The van der Waals surface area contributed by atoms with Crippen LogP contribution in [0.15, 0.2) is 29.2 Å². The Hall–Kier alpha value is -1.08. The first-order valence-electron chi connectivity index (χ1n) is 4.86. The second-order valence-corrected chi connectivity index (χ2v) is 9.69. The molecule has 0 saturated heterocycles. The highest BCUT2D eigenvalue weighted by Gasteiger charge is 2.34. The predicted octanol–water partition coefficient (Wildman–Crippen LogP) is 1.21. The minimum absolute atomic E-state index is 0.244. The minimum Gasteiger partial charge on any atom is -0.497 e. The van der Waals surface area contributed by atoms with Gasteiger partial charge in [0.15, 0.2) is 0 Å². The van der Waals surface area contributed by atoms with E-state index < -0.39 is 23.0 Å². The summed E-state index contributed by atoms with van der Waals surface area (Å²) in [5, 5.41) is -0.977. The van der Waals surface area contributed by atoms with E-state index in [0.29, 0.717) is 5.75 Å². The molecule has 7 heteroatoms. The summed E-state index contributed by atoms with van der Waals surface area (Å²) in [5.41, 5.74) is 0. The predicted molar refractivity (Wildman–Crippen MR) is 64.2 cm³/mol. The lowest BCUT2D eigenvalue weighted by atomic mass is 10.3. The molecule has 0 aromatic heterocycles. The molecule has 1 aromatic rings. The molecule has 5 nitrogen and oxygen atoms in total. The molecule has 0 amide bonds. The smallest absolute Gasteiger partial charge is 0.282 e. The number of methoxy groups -OCH3 is 1. The first-order chi connectivity index (χ1) is 7.73. The van der Waals surface area contributed by atoms with Crippen molar-refractivity contribution < 1.29 is 21.6 Å². The van der Waals surface area contributed by atoms with Gasteiger partial charge in [0.1, 0.15) is 5.75 Å². The van der Waals surface area contributed by atoms with Crippen molar-refractivity contribution in [1.29, 1.82) is 0 Å². The summed E-state index contributed by atoms with van der Waals surface area (Å²) in [5.74, 6) is 0.464. The highest BCUT2D eigenvalue weighted by atomic mass is 33.2. The number of rotatable bonds is 4. The van der Waals surface area contributed by atoms with Crippen LogP contribution in [0.1, 0.15) is 13.8 Å². The van der Waals surface area contributed by atoms with Crippen LogP contribution >= 0.6 is 0 Å². The number of hydrogen-bond donors (Lipinski definition) is 0. The molecule has 1 rings (SSSR count). The Balaban J connectivity index is 3.33. The Kier molecular flexibility index (Phi) is 3.83. The van der Waals surface area contributed by atoms with E-state index in [2.05, 4.69) is 0 Å². The van der Waals surface area contributed by atoms with Gasteiger partial charge in [-0.25, -0.2) is 16.8 Å². The molecule has 0 fully saturated rings. The van der Waals surface area contributed by atoms with E-state index in [1.807, 2.05) is 0 Å². The summed E-state index contributed by atoms with van der Waals surface area (Å²) >= 11 is 0. The molecule has 1 aromatic carbocycles. The molecule has 0 radical (unpaired) electrons. The van der Waals surface area contributed by atoms with Crippen LogP contribution in [0.5, 0.6) is 5.75 Å². The molecule has 0 bridgehead atoms. The van der Waals surface area contributed by atoms with Gasteiger partial charge in [0.2, 0.25) is 0 Å². The third-order valence-electron chi connectivity index (χ3n) is 2.23. The molecule has 0 spiro atoms. The molecular weight excluding hydrogens is 264 g/mol. The molecule has 17 heavy (non-hydrogen) atoms. The molecule has 0 aliphatic heterocycles. The van der Waals surface area contributed by atoms with E-state index in [0.717, 1.165) is 0 Å². The molecule has 0 N–H and O–H groups in total. The van der Waals surface area contributed by atoms with Crippen LogP contribution < -0.4 is 4.74 Å². The first kappa shape index (κ1) is 14.0. The maximum atomic E-state index is 11.9. The van der Waals surface area contributed by atoms with Gasteiger partial charge in [0, 0.05) is 0 Å². The largest absolute Gasteiger partial charge is 0.497 e. The zero-order chi connectivity index (χ0) is 13.3. The van der Waals surface area contributed by atoms with Crippen molar-refractivity contribution >= 4 is 17.7 Å². The molecule has 0 saturated carbocycles. The Labute approximate surface area is 101 Å². The standard InChI is InChI=1S/C10H14O5S2/c1-8(2)16(11,12)17(13,14)10-6-4-9(15-3)5-7-10/h4-8H,1-3H3. The Morgan fingerprint density at radius 2 is 1.47 bits per heavy atom. The average Bonchev–Trinajstić information content (AvgIpc) is 2.28. The van der Waals surface area contributed by atoms with E-state index in [9.17, 15) is 16.8 Å². The Morgan fingerprint density at radius 3 is 1.82 bits per heavy atom. The Morgan fingerprint density at radius 1 is 1.00 bits per heavy atom. The lowest BCUT2D eigenvalue weighted by molar-refractivity contribution is 0.414. The zero-order valence-corrected chi connectivity index (χ0v) is 11.4. The highest BCUT2D eigenvalue weighted by molar-refractivity contribution is 8.67. The SMILES string of the molecule is COc1ccc(S(=O)(=O)S(=O)(=O)C(C)C)cc1. The van der Waals surface area contributed by atoms with Crippen LogP contribution in [0, 0.1) is 0 Å². The summed E-state index contributed by atoms with van der Waals surface area (Å²) in [6, 6.07) is 5.24. The third-order valence-corrected chi connectivity index (χ3v) is 8.41. The number of ether oxygens (including phenoxy) is 1. The van der Waals surface area contributed by atoms with Crippen LogP contribution in [0.4, 0.5) is 0 Å². The van der Waals surface area contributed by atoms with Gasteiger partial charge in [-0.1, -0.05) is 0 Å². The van der Waals surface area contributed by atoms with Gasteiger partial charge in [-0.3, -0.25) is 0 Å². The van der Waals surface area contributed by atoms with Crippen molar-refractivity contribution in [1.82, 2.24) is 0 Å². The maximum absolute atomic E-state index is 11.9. The molecule has 0 aliphatic carbocycles. The first-order valence-corrected chi connectivity index (χ1v) is 8.41. The summed E-state index contributed by atoms with van der Waals surface area (Å²) < 4.78 is 52.0. The lowest BCUT2D eigenvalue weighted by Crippen LogP contribution is -2.24. The second-order valence-electron chi connectivity index (χ2n) is 3.67. The maximum Gasteiger partial charge on any atom is 0.282 e. The van der Waals surface area contributed by atoms with Crippen LogP contribution in [0.2, 0.25) is 0 Å². The summed E-state index contributed by atoms with van der Waals surface area (Å²) in [6.45, 7) is 2.66. The minimum atomic E-state index is -4.35. The average molecular weight is 278 g/mol. The van der Waals surface area contributed by atoms with Gasteiger partial charge >= 0.3 is 0 Å². The van der Waals surface area contributed by atoms with Crippen molar-refractivity contribution in [3.05, 3.63) is 24.3 Å². The normalized spacial score (nSPS) is 12.7. The van der Waals surface area contributed by atoms with Crippen molar-refractivity contribution in [3.63, 3.8) is 0 Å². The van der Waals surface area contributed by atoms with Crippen LogP contribution in [-0.4, -0.2) is 29.2 Å². The van der Waals surface area contributed by atoms with Gasteiger partial charge < -0.3 is 4.74 Å². The van der Waals surface area contributed by atoms with Gasteiger partial charge in [0.05, 0.1) is 17.3 Å². The van der Waals surface area contributed by atoms with Gasteiger partial charge in [-0.15, -0.1) is 0 Å². The monoisotopic (exact) mass is 278 g/mol. The third kappa shape index (κ3) is 2.44. The van der Waals surface area contributed by atoms with Crippen molar-refractivity contribution in [2.24, 2.45) is 0 Å². The van der Waals surface area contributed by atoms with Crippen LogP contribution in [-0.2, 0) is 17.7 Å². The van der Waals surface area contributed by atoms with E-state index in [1.165, 1.54) is 45.2 Å². The van der Waals surface area contributed by atoms with Gasteiger partial charge in [-0.2, -0.15) is 0 Å². The fourth-order valence-corrected chi connectivity index (χ4v) is 5.03. The topological polar surface area (TPSA) is 77.5 Å². The summed E-state index contributed by atoms with van der Waals surface area (Å²) in [6.07, 6.45) is 0. The molecule has 0 atom stereocenters. The van der Waals surface area contributed by atoms with Crippen LogP contribution in [0.3, 0.4) is 0 Å². The Bertz CT molecular complexity index is 582. The van der Waals surface area contributed by atoms with Crippen molar-refractivity contribution in [2.75, 3.05) is 7.11 Å². The zero-order valence-electron chi connectivity index (χ0n) is 9.74. The van der Waals surface area contributed by atoms with E-state index in [4.69, 9.17) is 4.74 Å². The summed E-state index contributed by atoms with van der Waals surface area (Å²) in [7, 11) is -7.12. The van der Waals surface area contributed by atoms with Gasteiger partial charge in [0.25, 0.3) is 17.7 Å². The van der Waals surface area contributed by atoms with Crippen molar-refractivity contribution in [2.45, 2.75) is 24.0 Å². The fourth-order valence-electron chi connectivity index (χ4n) is 1.13. The van der Waals surface area contributed by atoms with E-state index >= 15 is 0 Å². The molecular formula is C10H14O5S2. The fraction of sp³-hybridized carbons (Fsp3) is 0.400. The van der Waals surface area contributed by atoms with Crippen LogP contribution in [0.25, 0.3) is 0 Å². The van der Waals surface area contributed by atoms with Crippen molar-refractivity contribution in [3.8, 4) is 5.75 Å².